The molecule has 2 aromatic rings. The summed E-state index contributed by atoms with van der Waals surface area (Å²) < 4.78 is 18.9. The molecule has 0 bridgehead atoms. The van der Waals surface area contributed by atoms with Gasteiger partial charge in [0.05, 0.1) is 7.11 Å². The Morgan fingerprint density at radius 1 is 1.06 bits per heavy atom. The first-order chi connectivity index (χ1) is 8.61. The zero-order valence-electron chi connectivity index (χ0n) is 10.5. The van der Waals surface area contributed by atoms with Crippen molar-refractivity contribution in [3.63, 3.8) is 0 Å². The molecule has 1 nitrogen and oxygen atoms in total. The largest absolute Gasteiger partial charge is 0.497 e. The van der Waals surface area contributed by atoms with Crippen molar-refractivity contribution in [3.05, 3.63) is 60.4 Å². The van der Waals surface area contributed by atoms with Crippen molar-refractivity contribution in [1.82, 2.24) is 0 Å². The fraction of sp³-hybridized carbons (Fsp3) is 0.125. The number of ether oxygens (including phenoxy) is 1. The van der Waals surface area contributed by atoms with Crippen LogP contribution in [0.3, 0.4) is 0 Å². The number of halogens is 1. The molecule has 0 aliphatic rings. The van der Waals surface area contributed by atoms with Crippen molar-refractivity contribution in [2.45, 2.75) is 6.92 Å². The van der Waals surface area contributed by atoms with E-state index in [9.17, 15) is 4.39 Å². The molecular formula is C16H15FO. The van der Waals surface area contributed by atoms with Gasteiger partial charge < -0.3 is 4.74 Å². The molecule has 2 heteroatoms. The Morgan fingerprint density at radius 2 is 1.67 bits per heavy atom. The molecule has 0 amide bonds. The minimum Gasteiger partial charge on any atom is -0.497 e. The molecule has 2 rings (SSSR count). The summed E-state index contributed by atoms with van der Waals surface area (Å²) in [6, 6.07) is 12.7. The van der Waals surface area contributed by atoms with Gasteiger partial charge in [-0.15, -0.1) is 0 Å². The summed E-state index contributed by atoms with van der Waals surface area (Å²) in [6.07, 6.45) is 0. The van der Waals surface area contributed by atoms with Crippen molar-refractivity contribution in [2.75, 3.05) is 7.11 Å². The van der Waals surface area contributed by atoms with Crippen molar-refractivity contribution in [1.29, 1.82) is 0 Å². The van der Waals surface area contributed by atoms with Crippen LogP contribution in [0.15, 0.2) is 49.0 Å². The van der Waals surface area contributed by atoms with Crippen LogP contribution >= 0.6 is 0 Å². The predicted octanol–water partition coefficient (Wildman–Crippen LogP) is 4.53. The van der Waals surface area contributed by atoms with Gasteiger partial charge in [-0.3, -0.25) is 0 Å². The van der Waals surface area contributed by atoms with E-state index in [1.807, 2.05) is 30.3 Å². The van der Waals surface area contributed by atoms with Gasteiger partial charge in [0.25, 0.3) is 0 Å². The number of rotatable bonds is 3. The number of methoxy groups -OCH3 is 1. The predicted molar refractivity (Wildman–Crippen MR) is 73.1 cm³/mol. The van der Waals surface area contributed by atoms with E-state index in [1.54, 1.807) is 20.1 Å². The monoisotopic (exact) mass is 242 g/mol. The van der Waals surface area contributed by atoms with Crippen LogP contribution in [0.2, 0.25) is 0 Å². The second-order valence-electron chi connectivity index (χ2n) is 4.20. The first-order valence-corrected chi connectivity index (χ1v) is 5.71. The molecular weight excluding hydrogens is 227 g/mol. The van der Waals surface area contributed by atoms with Crippen LogP contribution in [0.5, 0.6) is 5.75 Å². The summed E-state index contributed by atoms with van der Waals surface area (Å²) >= 11 is 0. The molecule has 0 saturated carbocycles. The van der Waals surface area contributed by atoms with Gasteiger partial charge in [0.1, 0.15) is 11.6 Å². The van der Waals surface area contributed by atoms with E-state index >= 15 is 0 Å². The van der Waals surface area contributed by atoms with E-state index in [2.05, 4.69) is 6.58 Å². The Balaban J connectivity index is 2.39. The van der Waals surface area contributed by atoms with E-state index in [1.165, 1.54) is 6.07 Å². The smallest absolute Gasteiger partial charge is 0.131 e. The zero-order valence-corrected chi connectivity index (χ0v) is 10.5. The van der Waals surface area contributed by atoms with Crippen LogP contribution in [0.1, 0.15) is 12.5 Å². The summed E-state index contributed by atoms with van der Waals surface area (Å²) in [7, 11) is 1.62. The molecule has 0 N–H and O–H groups in total. The van der Waals surface area contributed by atoms with Crippen LogP contribution in [0.4, 0.5) is 4.39 Å². The van der Waals surface area contributed by atoms with Gasteiger partial charge >= 0.3 is 0 Å². The Hall–Kier alpha value is -2.09. The van der Waals surface area contributed by atoms with E-state index in [0.29, 0.717) is 5.56 Å². The summed E-state index contributed by atoms with van der Waals surface area (Å²) in [4.78, 5) is 0. The minimum atomic E-state index is -0.240. The maximum Gasteiger partial charge on any atom is 0.131 e. The molecule has 0 aliphatic carbocycles. The topological polar surface area (TPSA) is 9.23 Å². The highest BCUT2D eigenvalue weighted by Gasteiger charge is 2.05. The summed E-state index contributed by atoms with van der Waals surface area (Å²) in [5.41, 5.74) is 3.10. The van der Waals surface area contributed by atoms with E-state index in [-0.39, 0.29) is 5.82 Å². The Bertz CT molecular complexity index is 570. The van der Waals surface area contributed by atoms with E-state index < -0.39 is 0 Å². The lowest BCUT2D eigenvalue weighted by Crippen LogP contribution is -1.88. The highest BCUT2D eigenvalue weighted by molar-refractivity contribution is 5.69. The van der Waals surface area contributed by atoms with Crippen LogP contribution in [0.25, 0.3) is 16.7 Å². The van der Waals surface area contributed by atoms with Gasteiger partial charge in [-0.25, -0.2) is 4.39 Å². The quantitative estimate of drug-likeness (QED) is 0.768. The summed E-state index contributed by atoms with van der Waals surface area (Å²) in [6.45, 7) is 5.55. The van der Waals surface area contributed by atoms with Crippen LogP contribution < -0.4 is 4.74 Å². The summed E-state index contributed by atoms with van der Waals surface area (Å²) in [5.74, 6) is 0.550. The molecule has 2 aromatic carbocycles. The molecule has 0 aliphatic heterocycles. The van der Waals surface area contributed by atoms with Crippen molar-refractivity contribution in [2.24, 2.45) is 0 Å². The lowest BCUT2D eigenvalue weighted by atomic mass is 10.0. The van der Waals surface area contributed by atoms with Crippen LogP contribution in [0, 0.1) is 5.82 Å². The van der Waals surface area contributed by atoms with E-state index in [4.69, 9.17) is 4.74 Å². The molecule has 0 radical (unpaired) electrons. The maximum atomic E-state index is 13.8. The molecule has 0 saturated heterocycles. The van der Waals surface area contributed by atoms with Crippen LogP contribution in [-0.4, -0.2) is 7.11 Å². The Labute approximate surface area is 107 Å². The molecule has 0 spiro atoms. The van der Waals surface area contributed by atoms with Crippen molar-refractivity contribution < 1.29 is 9.13 Å². The molecule has 92 valence electrons. The van der Waals surface area contributed by atoms with Crippen molar-refractivity contribution in [3.8, 4) is 16.9 Å². The second-order valence-corrected chi connectivity index (χ2v) is 4.20. The highest BCUT2D eigenvalue weighted by atomic mass is 19.1. The van der Waals surface area contributed by atoms with Gasteiger partial charge in [0.15, 0.2) is 0 Å². The number of benzene rings is 2. The summed E-state index contributed by atoms with van der Waals surface area (Å²) in [5, 5.41) is 0. The fourth-order valence-electron chi connectivity index (χ4n) is 1.82. The molecule has 0 unspecified atom stereocenters. The average molecular weight is 242 g/mol. The fourth-order valence-corrected chi connectivity index (χ4v) is 1.82. The number of allylic oxidation sites excluding steroid dienone is 1. The number of hydrogen-bond donors (Lipinski definition) is 0. The molecule has 0 aromatic heterocycles. The normalized spacial score (nSPS) is 10.2. The third-order valence-electron chi connectivity index (χ3n) is 2.85. The zero-order chi connectivity index (χ0) is 13.1. The van der Waals surface area contributed by atoms with E-state index in [0.717, 1.165) is 22.4 Å². The standard InChI is InChI=1S/C16H15FO/c1-11(2)15-9-6-13(10-16(15)17)12-4-7-14(18-3)8-5-12/h4-10H,1H2,2-3H3. The number of hydrogen-bond acceptors (Lipinski definition) is 1. The van der Waals surface area contributed by atoms with Crippen LogP contribution in [-0.2, 0) is 0 Å². The Kier molecular flexibility index (Phi) is 3.47. The van der Waals surface area contributed by atoms with Crippen molar-refractivity contribution >= 4 is 5.57 Å². The lowest BCUT2D eigenvalue weighted by Gasteiger charge is -2.07. The minimum absolute atomic E-state index is 0.240. The lowest BCUT2D eigenvalue weighted by molar-refractivity contribution is 0.415. The molecule has 0 heterocycles. The average Bonchev–Trinajstić information content (AvgIpc) is 2.38. The van der Waals surface area contributed by atoms with Gasteiger partial charge in [-0.1, -0.05) is 30.8 Å². The third-order valence-corrected chi connectivity index (χ3v) is 2.85. The second kappa shape index (κ2) is 5.05. The molecule has 0 fully saturated rings. The SMILES string of the molecule is C=C(C)c1ccc(-c2ccc(OC)cc2)cc1F. The van der Waals surface area contributed by atoms with Gasteiger partial charge in [-0.05, 0) is 41.8 Å². The first-order valence-electron chi connectivity index (χ1n) is 5.71. The molecule has 0 atom stereocenters. The Morgan fingerprint density at radius 3 is 2.17 bits per heavy atom. The van der Waals surface area contributed by atoms with Gasteiger partial charge in [0, 0.05) is 5.56 Å². The van der Waals surface area contributed by atoms with Gasteiger partial charge in [0.2, 0.25) is 0 Å². The maximum absolute atomic E-state index is 13.8. The van der Waals surface area contributed by atoms with Gasteiger partial charge in [-0.2, -0.15) is 0 Å². The third kappa shape index (κ3) is 2.43. The molecule has 18 heavy (non-hydrogen) atoms. The highest BCUT2D eigenvalue weighted by Crippen LogP contribution is 2.26. The first kappa shape index (κ1) is 12.4.